The van der Waals surface area contributed by atoms with Crippen LogP contribution in [0.15, 0.2) is 18.3 Å². The topological polar surface area (TPSA) is 45.5 Å². The first-order valence-electron chi connectivity index (χ1n) is 7.34. The van der Waals surface area contributed by atoms with Crippen LogP contribution in [0.5, 0.6) is 0 Å². The number of amides is 1. The average molecular weight is 262 g/mol. The predicted octanol–water partition coefficient (Wildman–Crippen LogP) is 2.20. The normalized spacial score (nSPS) is 25.4. The van der Waals surface area contributed by atoms with E-state index in [0.717, 1.165) is 31.5 Å². The Kier molecular flexibility index (Phi) is 3.35. The van der Waals surface area contributed by atoms with Crippen molar-refractivity contribution in [1.82, 2.24) is 9.47 Å². The van der Waals surface area contributed by atoms with E-state index in [9.17, 15) is 9.90 Å². The number of carbonyl (C=O) groups is 1. The van der Waals surface area contributed by atoms with Crippen LogP contribution >= 0.6 is 0 Å². The van der Waals surface area contributed by atoms with Crippen molar-refractivity contribution < 1.29 is 9.90 Å². The molecule has 4 nitrogen and oxygen atoms in total. The number of likely N-dealkylation sites (tertiary alicyclic amines) is 1. The van der Waals surface area contributed by atoms with Gasteiger partial charge in [0.1, 0.15) is 5.69 Å². The molecule has 19 heavy (non-hydrogen) atoms. The fourth-order valence-electron chi connectivity index (χ4n) is 3.10. The zero-order chi connectivity index (χ0) is 13.4. The highest BCUT2D eigenvalue weighted by atomic mass is 16.3. The van der Waals surface area contributed by atoms with Crippen LogP contribution in [-0.2, 0) is 0 Å². The Balaban J connectivity index is 1.83. The number of aliphatic hydroxyl groups excluding tert-OH is 1. The first-order valence-corrected chi connectivity index (χ1v) is 7.34. The Bertz CT molecular complexity index is 462. The van der Waals surface area contributed by atoms with Gasteiger partial charge in [-0.25, -0.2) is 0 Å². The van der Waals surface area contributed by atoms with Gasteiger partial charge < -0.3 is 14.6 Å². The maximum absolute atomic E-state index is 12.7. The van der Waals surface area contributed by atoms with E-state index in [2.05, 4.69) is 4.57 Å². The Morgan fingerprint density at radius 1 is 1.37 bits per heavy atom. The van der Waals surface area contributed by atoms with Crippen LogP contribution in [0.1, 0.15) is 55.6 Å². The molecule has 2 aliphatic rings. The maximum Gasteiger partial charge on any atom is 0.270 e. The average Bonchev–Trinajstić information content (AvgIpc) is 3.15. The monoisotopic (exact) mass is 262 g/mol. The second-order valence-electron chi connectivity index (χ2n) is 5.83. The summed E-state index contributed by atoms with van der Waals surface area (Å²) in [6, 6.07) is 4.36. The lowest BCUT2D eigenvalue weighted by molar-refractivity contribution is 0.0273. The molecule has 2 heterocycles. The summed E-state index contributed by atoms with van der Waals surface area (Å²) in [6.45, 7) is 2.56. The molecule has 2 atom stereocenters. The summed E-state index contributed by atoms with van der Waals surface area (Å²) in [5, 5.41) is 9.88. The van der Waals surface area contributed by atoms with Crippen LogP contribution in [0, 0.1) is 0 Å². The van der Waals surface area contributed by atoms with Crippen LogP contribution in [0.2, 0.25) is 0 Å². The van der Waals surface area contributed by atoms with Crippen molar-refractivity contribution in [3.63, 3.8) is 0 Å². The number of piperidine rings is 1. The lowest BCUT2D eigenvalue weighted by Gasteiger charge is -2.37. The van der Waals surface area contributed by atoms with Gasteiger partial charge >= 0.3 is 0 Å². The number of nitrogens with zero attached hydrogens (tertiary/aromatic N) is 2. The van der Waals surface area contributed by atoms with Crippen molar-refractivity contribution in [3.8, 4) is 0 Å². The molecule has 2 fully saturated rings. The van der Waals surface area contributed by atoms with Gasteiger partial charge in [-0.05, 0) is 51.2 Å². The largest absolute Gasteiger partial charge is 0.391 e. The number of carbonyl (C=O) groups excluding carboxylic acids is 1. The molecule has 0 radical (unpaired) electrons. The third kappa shape index (κ3) is 2.41. The Labute approximate surface area is 114 Å². The minimum atomic E-state index is -0.450. The first-order chi connectivity index (χ1) is 9.18. The standard InChI is InChI=1S/C15H22N2O2/c1-11(18)13-5-2-3-9-17(13)15(19)14-6-4-10-16(14)12-7-8-12/h4,6,10-13,18H,2-3,5,7-9H2,1H3. The molecule has 1 aliphatic heterocycles. The van der Waals surface area contributed by atoms with E-state index in [1.807, 2.05) is 23.2 Å². The quantitative estimate of drug-likeness (QED) is 0.907. The van der Waals surface area contributed by atoms with Crippen LogP contribution < -0.4 is 0 Å². The minimum Gasteiger partial charge on any atom is -0.391 e. The van der Waals surface area contributed by atoms with Crippen molar-refractivity contribution in [3.05, 3.63) is 24.0 Å². The molecule has 0 bridgehead atoms. The van der Waals surface area contributed by atoms with Gasteiger partial charge in [0.05, 0.1) is 12.1 Å². The fraction of sp³-hybridized carbons (Fsp3) is 0.667. The predicted molar refractivity (Wildman–Crippen MR) is 73.1 cm³/mol. The number of hydrogen-bond acceptors (Lipinski definition) is 2. The summed E-state index contributed by atoms with van der Waals surface area (Å²) in [4.78, 5) is 14.6. The van der Waals surface area contributed by atoms with Gasteiger partial charge in [-0.1, -0.05) is 0 Å². The summed E-state index contributed by atoms with van der Waals surface area (Å²) in [6.07, 6.45) is 6.96. The van der Waals surface area contributed by atoms with Crippen LogP contribution in [-0.4, -0.2) is 39.2 Å². The summed E-state index contributed by atoms with van der Waals surface area (Å²) in [5.74, 6) is 0.0856. The Hall–Kier alpha value is -1.29. The van der Waals surface area contributed by atoms with Gasteiger partial charge in [0.2, 0.25) is 0 Å². The molecule has 0 spiro atoms. The van der Waals surface area contributed by atoms with E-state index in [4.69, 9.17) is 0 Å². The minimum absolute atomic E-state index is 0.0243. The Morgan fingerprint density at radius 3 is 2.84 bits per heavy atom. The Morgan fingerprint density at radius 2 is 2.16 bits per heavy atom. The van der Waals surface area contributed by atoms with Gasteiger partial charge in [0.15, 0.2) is 0 Å². The summed E-state index contributed by atoms with van der Waals surface area (Å²) >= 11 is 0. The third-order valence-corrected chi connectivity index (χ3v) is 4.31. The second-order valence-corrected chi connectivity index (χ2v) is 5.83. The van der Waals surface area contributed by atoms with E-state index < -0.39 is 6.10 Å². The van der Waals surface area contributed by atoms with Gasteiger partial charge in [0.25, 0.3) is 5.91 Å². The molecule has 1 amide bonds. The van der Waals surface area contributed by atoms with Gasteiger partial charge in [-0.15, -0.1) is 0 Å². The maximum atomic E-state index is 12.7. The summed E-state index contributed by atoms with van der Waals surface area (Å²) in [5.41, 5.74) is 0.787. The smallest absolute Gasteiger partial charge is 0.270 e. The summed E-state index contributed by atoms with van der Waals surface area (Å²) < 4.78 is 2.11. The molecule has 1 saturated carbocycles. The zero-order valence-corrected chi connectivity index (χ0v) is 11.5. The van der Waals surface area contributed by atoms with Gasteiger partial charge in [0, 0.05) is 18.8 Å². The fourth-order valence-corrected chi connectivity index (χ4v) is 3.10. The van der Waals surface area contributed by atoms with Gasteiger partial charge in [-0.3, -0.25) is 4.79 Å². The molecule has 0 aromatic carbocycles. The van der Waals surface area contributed by atoms with E-state index in [1.165, 1.54) is 12.8 Å². The van der Waals surface area contributed by atoms with Crippen molar-refractivity contribution in [2.24, 2.45) is 0 Å². The molecule has 104 valence electrons. The van der Waals surface area contributed by atoms with Crippen LogP contribution in [0.4, 0.5) is 0 Å². The SMILES string of the molecule is CC(O)C1CCCCN1C(=O)c1cccn1C1CC1. The van der Waals surface area contributed by atoms with E-state index in [1.54, 1.807) is 6.92 Å². The van der Waals surface area contributed by atoms with Gasteiger partial charge in [-0.2, -0.15) is 0 Å². The first kappa shape index (κ1) is 12.7. The van der Waals surface area contributed by atoms with E-state index >= 15 is 0 Å². The molecular formula is C15H22N2O2. The third-order valence-electron chi connectivity index (χ3n) is 4.31. The molecular weight excluding hydrogens is 240 g/mol. The number of rotatable bonds is 3. The summed E-state index contributed by atoms with van der Waals surface area (Å²) in [7, 11) is 0. The molecule has 1 aromatic rings. The van der Waals surface area contributed by atoms with E-state index in [0.29, 0.717) is 6.04 Å². The van der Waals surface area contributed by atoms with Crippen molar-refractivity contribution in [1.29, 1.82) is 0 Å². The van der Waals surface area contributed by atoms with Crippen molar-refractivity contribution in [2.75, 3.05) is 6.54 Å². The molecule has 2 unspecified atom stereocenters. The molecule has 1 saturated heterocycles. The molecule has 4 heteroatoms. The van der Waals surface area contributed by atoms with E-state index in [-0.39, 0.29) is 11.9 Å². The van der Waals surface area contributed by atoms with Crippen LogP contribution in [0.25, 0.3) is 0 Å². The highest BCUT2D eigenvalue weighted by Crippen LogP contribution is 2.36. The molecule has 1 aromatic heterocycles. The van der Waals surface area contributed by atoms with Crippen LogP contribution in [0.3, 0.4) is 0 Å². The number of aromatic nitrogens is 1. The lowest BCUT2D eigenvalue weighted by Crippen LogP contribution is -2.49. The lowest BCUT2D eigenvalue weighted by atomic mass is 9.97. The molecule has 1 N–H and O–H groups in total. The van der Waals surface area contributed by atoms with Crippen molar-refractivity contribution in [2.45, 2.75) is 57.2 Å². The highest BCUT2D eigenvalue weighted by Gasteiger charge is 2.33. The number of hydrogen-bond donors (Lipinski definition) is 1. The zero-order valence-electron chi connectivity index (χ0n) is 11.5. The molecule has 3 rings (SSSR count). The second kappa shape index (κ2) is 5.00. The van der Waals surface area contributed by atoms with Crippen molar-refractivity contribution >= 4 is 5.91 Å². The molecule has 1 aliphatic carbocycles. The highest BCUT2D eigenvalue weighted by molar-refractivity contribution is 5.93. The number of aliphatic hydroxyl groups is 1.